The zero-order valence-corrected chi connectivity index (χ0v) is 18.6. The first-order valence-corrected chi connectivity index (χ1v) is 12.1. The molecule has 0 spiro atoms. The molecule has 2 aromatic carbocycles. The highest BCUT2D eigenvalue weighted by Crippen LogP contribution is 2.24. The Kier molecular flexibility index (Phi) is 7.88. The molecule has 8 heteroatoms. The van der Waals surface area contributed by atoms with Crippen LogP contribution in [0.1, 0.15) is 35.3 Å². The molecule has 1 saturated heterocycles. The lowest BCUT2D eigenvalue weighted by Gasteiger charge is -2.35. The third kappa shape index (κ3) is 5.60. The number of benzene rings is 2. The molecule has 3 rings (SSSR count). The van der Waals surface area contributed by atoms with E-state index in [1.54, 1.807) is 25.1 Å². The monoisotopic (exact) mass is 450 g/mol. The standard InChI is InChI=1S/C22H27ClN2O4S/c1-2-15-30(27,28)21-6-4-3-5-19(21)22(26)24-16-20(25-11-13-29-14-12-25)17-7-9-18(23)10-8-17/h3-10,20H,2,11-16H2,1H3,(H,24,26)/t20-/m0/s1. The van der Waals surface area contributed by atoms with Crippen molar-refractivity contribution in [2.24, 2.45) is 0 Å². The van der Waals surface area contributed by atoms with E-state index in [4.69, 9.17) is 16.3 Å². The molecule has 1 atom stereocenters. The van der Waals surface area contributed by atoms with Crippen LogP contribution in [-0.4, -0.2) is 57.8 Å². The van der Waals surface area contributed by atoms with Crippen molar-refractivity contribution in [2.75, 3.05) is 38.6 Å². The predicted octanol–water partition coefficient (Wildman–Crippen LogP) is 3.33. The number of nitrogens with one attached hydrogen (secondary N) is 1. The minimum Gasteiger partial charge on any atom is -0.379 e. The van der Waals surface area contributed by atoms with Gasteiger partial charge < -0.3 is 10.1 Å². The normalized spacial score (nSPS) is 16.2. The van der Waals surface area contributed by atoms with Crippen LogP contribution in [0.3, 0.4) is 0 Å². The molecule has 0 aromatic heterocycles. The molecular formula is C22H27ClN2O4S. The summed E-state index contributed by atoms with van der Waals surface area (Å²) in [5, 5.41) is 3.60. The molecule has 0 aliphatic carbocycles. The quantitative estimate of drug-likeness (QED) is 0.667. The summed E-state index contributed by atoms with van der Waals surface area (Å²) in [5.41, 5.74) is 1.22. The summed E-state index contributed by atoms with van der Waals surface area (Å²) in [6, 6.07) is 13.9. The van der Waals surface area contributed by atoms with E-state index in [9.17, 15) is 13.2 Å². The zero-order chi connectivity index (χ0) is 21.6. The molecular weight excluding hydrogens is 424 g/mol. The highest BCUT2D eigenvalue weighted by molar-refractivity contribution is 7.91. The van der Waals surface area contributed by atoms with Crippen LogP contribution < -0.4 is 5.32 Å². The minimum atomic E-state index is -3.50. The second kappa shape index (κ2) is 10.4. The number of morpholine rings is 1. The maximum absolute atomic E-state index is 12.9. The number of amides is 1. The summed E-state index contributed by atoms with van der Waals surface area (Å²) < 4.78 is 30.6. The van der Waals surface area contributed by atoms with Crippen molar-refractivity contribution < 1.29 is 17.9 Å². The molecule has 0 radical (unpaired) electrons. The second-order valence-corrected chi connectivity index (χ2v) is 9.75. The van der Waals surface area contributed by atoms with Crippen LogP contribution >= 0.6 is 11.6 Å². The Morgan fingerprint density at radius 2 is 1.80 bits per heavy atom. The van der Waals surface area contributed by atoms with Gasteiger partial charge in [0.15, 0.2) is 9.84 Å². The molecule has 1 amide bonds. The summed E-state index contributed by atoms with van der Waals surface area (Å²) in [7, 11) is -3.50. The lowest BCUT2D eigenvalue weighted by atomic mass is 10.0. The Labute approximate surface area is 183 Å². The van der Waals surface area contributed by atoms with Gasteiger partial charge in [0.05, 0.1) is 35.5 Å². The molecule has 1 N–H and O–H groups in total. The fourth-order valence-electron chi connectivity index (χ4n) is 3.62. The first-order chi connectivity index (χ1) is 14.4. The Morgan fingerprint density at radius 3 is 2.47 bits per heavy atom. The van der Waals surface area contributed by atoms with E-state index in [1.165, 1.54) is 6.07 Å². The van der Waals surface area contributed by atoms with Crippen LogP contribution in [0.15, 0.2) is 53.4 Å². The largest absolute Gasteiger partial charge is 0.379 e. The molecule has 0 saturated carbocycles. The van der Waals surface area contributed by atoms with Crippen LogP contribution in [0.25, 0.3) is 0 Å². The molecule has 6 nitrogen and oxygen atoms in total. The second-order valence-electron chi connectivity index (χ2n) is 7.24. The zero-order valence-electron chi connectivity index (χ0n) is 17.0. The van der Waals surface area contributed by atoms with Crippen LogP contribution in [0.5, 0.6) is 0 Å². The number of hydrogen-bond donors (Lipinski definition) is 1. The first kappa shape index (κ1) is 22.7. The van der Waals surface area contributed by atoms with E-state index in [0.29, 0.717) is 31.2 Å². The third-order valence-electron chi connectivity index (χ3n) is 5.14. The van der Waals surface area contributed by atoms with Crippen LogP contribution in [0, 0.1) is 0 Å². The summed E-state index contributed by atoms with van der Waals surface area (Å²) in [5.74, 6) is -0.379. The van der Waals surface area contributed by atoms with Crippen molar-refractivity contribution in [1.29, 1.82) is 0 Å². The van der Waals surface area contributed by atoms with Crippen molar-refractivity contribution in [3.05, 3.63) is 64.7 Å². The van der Waals surface area contributed by atoms with Gasteiger partial charge >= 0.3 is 0 Å². The fraction of sp³-hybridized carbons (Fsp3) is 0.409. The van der Waals surface area contributed by atoms with E-state index in [-0.39, 0.29) is 22.3 Å². The highest BCUT2D eigenvalue weighted by atomic mass is 35.5. The Hall–Kier alpha value is -1.93. The predicted molar refractivity (Wildman–Crippen MR) is 118 cm³/mol. The van der Waals surface area contributed by atoms with Crippen LogP contribution in [0.2, 0.25) is 5.02 Å². The maximum atomic E-state index is 12.9. The number of nitrogens with zero attached hydrogens (tertiary/aromatic N) is 1. The van der Waals surface area contributed by atoms with Gasteiger partial charge in [0.1, 0.15) is 0 Å². The number of sulfone groups is 1. The van der Waals surface area contributed by atoms with Crippen molar-refractivity contribution in [1.82, 2.24) is 10.2 Å². The Morgan fingerprint density at radius 1 is 1.13 bits per heavy atom. The lowest BCUT2D eigenvalue weighted by Crippen LogP contribution is -2.44. The summed E-state index contributed by atoms with van der Waals surface area (Å²) in [6.45, 7) is 4.93. The summed E-state index contributed by atoms with van der Waals surface area (Å²) >= 11 is 6.04. The highest BCUT2D eigenvalue weighted by Gasteiger charge is 2.25. The number of carbonyl (C=O) groups excluding carboxylic acids is 1. The molecule has 1 fully saturated rings. The van der Waals surface area contributed by atoms with Gasteiger partial charge in [0.2, 0.25) is 0 Å². The van der Waals surface area contributed by atoms with Crippen molar-refractivity contribution in [2.45, 2.75) is 24.3 Å². The maximum Gasteiger partial charge on any atom is 0.252 e. The molecule has 162 valence electrons. The average Bonchev–Trinajstić information content (AvgIpc) is 2.75. The fourth-order valence-corrected chi connectivity index (χ4v) is 5.29. The van der Waals surface area contributed by atoms with Crippen LogP contribution in [0.4, 0.5) is 0 Å². The van der Waals surface area contributed by atoms with Gasteiger partial charge in [-0.3, -0.25) is 9.69 Å². The van der Waals surface area contributed by atoms with E-state index >= 15 is 0 Å². The number of rotatable bonds is 8. The van der Waals surface area contributed by atoms with E-state index < -0.39 is 15.7 Å². The first-order valence-electron chi connectivity index (χ1n) is 10.1. The van der Waals surface area contributed by atoms with Crippen molar-refractivity contribution >= 4 is 27.3 Å². The van der Waals surface area contributed by atoms with Crippen molar-refractivity contribution in [3.8, 4) is 0 Å². The van der Waals surface area contributed by atoms with Gasteiger partial charge in [0.25, 0.3) is 5.91 Å². The number of ether oxygens (including phenoxy) is 1. The molecule has 0 unspecified atom stereocenters. The summed E-state index contributed by atoms with van der Waals surface area (Å²) in [4.78, 5) is 15.3. The van der Waals surface area contributed by atoms with Gasteiger partial charge in [-0.05, 0) is 36.2 Å². The molecule has 0 bridgehead atoms. The number of hydrogen-bond acceptors (Lipinski definition) is 5. The smallest absolute Gasteiger partial charge is 0.252 e. The SMILES string of the molecule is CCCS(=O)(=O)c1ccccc1C(=O)NC[C@@H](c1ccc(Cl)cc1)N1CCOCC1. The van der Waals surface area contributed by atoms with Gasteiger partial charge in [-0.15, -0.1) is 0 Å². The molecule has 1 aliphatic rings. The molecule has 1 aliphatic heterocycles. The van der Waals surface area contributed by atoms with Gasteiger partial charge in [-0.25, -0.2) is 8.42 Å². The number of halogens is 1. The van der Waals surface area contributed by atoms with E-state index in [0.717, 1.165) is 18.7 Å². The average molecular weight is 451 g/mol. The van der Waals surface area contributed by atoms with Gasteiger partial charge in [-0.1, -0.05) is 42.8 Å². The van der Waals surface area contributed by atoms with Crippen molar-refractivity contribution in [3.63, 3.8) is 0 Å². The molecule has 1 heterocycles. The topological polar surface area (TPSA) is 75.7 Å². The Bertz CT molecular complexity index is 957. The van der Waals surface area contributed by atoms with E-state index in [2.05, 4.69) is 10.2 Å². The minimum absolute atomic E-state index is 0.0124. The van der Waals surface area contributed by atoms with Gasteiger partial charge in [-0.2, -0.15) is 0 Å². The Balaban J connectivity index is 1.80. The third-order valence-corrected chi connectivity index (χ3v) is 7.36. The molecule has 2 aromatic rings. The molecule has 30 heavy (non-hydrogen) atoms. The lowest BCUT2D eigenvalue weighted by molar-refractivity contribution is 0.0162. The van der Waals surface area contributed by atoms with E-state index in [1.807, 2.05) is 24.3 Å². The van der Waals surface area contributed by atoms with Gasteiger partial charge in [0, 0.05) is 24.7 Å². The van der Waals surface area contributed by atoms with Crippen LogP contribution in [-0.2, 0) is 14.6 Å². The summed E-state index contributed by atoms with van der Waals surface area (Å²) in [6.07, 6.45) is 0.494. The number of carbonyl (C=O) groups is 1.